The molecule has 0 radical (unpaired) electrons. The van der Waals surface area contributed by atoms with Crippen molar-refractivity contribution in [1.82, 2.24) is 25.1 Å². The van der Waals surface area contributed by atoms with Crippen LogP contribution in [0, 0.1) is 11.7 Å². The average molecular weight is 380 g/mol. The van der Waals surface area contributed by atoms with Crippen molar-refractivity contribution in [3.8, 4) is 5.69 Å². The molecule has 2 aromatic carbocycles. The molecule has 0 aliphatic carbocycles. The highest BCUT2D eigenvalue weighted by Crippen LogP contribution is 2.21. The number of benzene rings is 2. The molecule has 1 fully saturated rings. The summed E-state index contributed by atoms with van der Waals surface area (Å²) in [7, 11) is 0. The molecule has 1 saturated heterocycles. The lowest BCUT2D eigenvalue weighted by Gasteiger charge is -2.30. The van der Waals surface area contributed by atoms with Crippen molar-refractivity contribution in [1.29, 1.82) is 0 Å². The van der Waals surface area contributed by atoms with Crippen LogP contribution < -0.4 is 5.32 Å². The van der Waals surface area contributed by atoms with E-state index in [1.807, 2.05) is 30.3 Å². The van der Waals surface area contributed by atoms with Gasteiger partial charge in [-0.3, -0.25) is 9.69 Å². The van der Waals surface area contributed by atoms with Crippen LogP contribution in [0.5, 0.6) is 0 Å². The lowest BCUT2D eigenvalue weighted by atomic mass is 9.96. The molecule has 1 aromatic heterocycles. The maximum Gasteiger partial charge on any atom is 0.227 e. The van der Waals surface area contributed by atoms with E-state index in [2.05, 4.69) is 25.7 Å². The van der Waals surface area contributed by atoms with E-state index in [1.54, 1.807) is 16.8 Å². The number of nitrogens with one attached hydrogen (secondary N) is 1. The number of tetrazole rings is 1. The molecule has 3 aromatic rings. The van der Waals surface area contributed by atoms with Gasteiger partial charge in [-0.25, -0.2) is 4.39 Å². The second-order valence-electron chi connectivity index (χ2n) is 6.89. The summed E-state index contributed by atoms with van der Waals surface area (Å²) in [6.07, 6.45) is 1.53. The number of rotatable bonds is 5. The number of carbonyl (C=O) groups is 1. The van der Waals surface area contributed by atoms with Gasteiger partial charge in [0.2, 0.25) is 5.91 Å². The van der Waals surface area contributed by atoms with Gasteiger partial charge in [0.1, 0.15) is 5.82 Å². The SMILES string of the molecule is O=C(Nc1ccc(F)cc1)C1CCN(Cc2nnnn2-c2ccccc2)CC1. The first kappa shape index (κ1) is 18.2. The van der Waals surface area contributed by atoms with Gasteiger partial charge in [0.05, 0.1) is 12.2 Å². The van der Waals surface area contributed by atoms with Gasteiger partial charge in [-0.15, -0.1) is 5.10 Å². The van der Waals surface area contributed by atoms with Crippen molar-refractivity contribution in [3.05, 3.63) is 66.2 Å². The fraction of sp³-hybridized carbons (Fsp3) is 0.300. The summed E-state index contributed by atoms with van der Waals surface area (Å²) in [6, 6.07) is 15.6. The van der Waals surface area contributed by atoms with Gasteiger partial charge in [-0.1, -0.05) is 18.2 Å². The van der Waals surface area contributed by atoms with Gasteiger partial charge in [0.25, 0.3) is 0 Å². The van der Waals surface area contributed by atoms with E-state index in [-0.39, 0.29) is 17.6 Å². The molecular formula is C20H21FN6O. The summed E-state index contributed by atoms with van der Waals surface area (Å²) in [5.74, 6) is 0.399. The van der Waals surface area contributed by atoms with E-state index < -0.39 is 0 Å². The Balaban J connectivity index is 1.32. The van der Waals surface area contributed by atoms with E-state index in [4.69, 9.17) is 0 Å². The quantitative estimate of drug-likeness (QED) is 0.736. The Kier molecular flexibility index (Phi) is 5.38. The third-order valence-corrected chi connectivity index (χ3v) is 4.97. The summed E-state index contributed by atoms with van der Waals surface area (Å²) in [6.45, 7) is 2.22. The second kappa shape index (κ2) is 8.26. The molecule has 1 aliphatic rings. The molecule has 28 heavy (non-hydrogen) atoms. The average Bonchev–Trinajstić information content (AvgIpc) is 3.19. The van der Waals surface area contributed by atoms with Crippen LogP contribution in [0.1, 0.15) is 18.7 Å². The predicted octanol–water partition coefficient (Wildman–Crippen LogP) is 2.65. The molecule has 1 N–H and O–H groups in total. The fourth-order valence-corrected chi connectivity index (χ4v) is 3.40. The number of hydrogen-bond donors (Lipinski definition) is 1. The summed E-state index contributed by atoms with van der Waals surface area (Å²) in [5.41, 5.74) is 1.55. The number of piperidine rings is 1. The number of hydrogen-bond acceptors (Lipinski definition) is 5. The zero-order chi connectivity index (χ0) is 19.3. The van der Waals surface area contributed by atoms with E-state index in [0.717, 1.165) is 37.4 Å². The van der Waals surface area contributed by atoms with E-state index in [1.165, 1.54) is 12.1 Å². The summed E-state index contributed by atoms with van der Waals surface area (Å²) in [5, 5.41) is 14.9. The second-order valence-corrected chi connectivity index (χ2v) is 6.89. The number of carbonyl (C=O) groups excluding carboxylic acids is 1. The van der Waals surface area contributed by atoms with E-state index >= 15 is 0 Å². The highest BCUT2D eigenvalue weighted by Gasteiger charge is 2.26. The minimum absolute atomic E-state index is 0.0135. The Morgan fingerprint density at radius 1 is 1.07 bits per heavy atom. The lowest BCUT2D eigenvalue weighted by Crippen LogP contribution is -2.38. The van der Waals surface area contributed by atoms with E-state index in [0.29, 0.717) is 12.2 Å². The Morgan fingerprint density at radius 2 is 1.79 bits per heavy atom. The number of anilines is 1. The zero-order valence-electron chi connectivity index (χ0n) is 15.3. The maximum absolute atomic E-state index is 13.0. The fourth-order valence-electron chi connectivity index (χ4n) is 3.40. The maximum atomic E-state index is 13.0. The van der Waals surface area contributed by atoms with Crippen LogP contribution in [0.4, 0.5) is 10.1 Å². The van der Waals surface area contributed by atoms with Crippen molar-refractivity contribution in [2.75, 3.05) is 18.4 Å². The molecule has 8 heteroatoms. The normalized spacial score (nSPS) is 15.5. The minimum Gasteiger partial charge on any atom is -0.326 e. The first-order valence-electron chi connectivity index (χ1n) is 9.30. The van der Waals surface area contributed by atoms with Crippen molar-refractivity contribution < 1.29 is 9.18 Å². The lowest BCUT2D eigenvalue weighted by molar-refractivity contribution is -0.121. The van der Waals surface area contributed by atoms with Gasteiger partial charge in [0.15, 0.2) is 5.82 Å². The first-order chi connectivity index (χ1) is 13.7. The van der Waals surface area contributed by atoms with Crippen molar-refractivity contribution in [2.24, 2.45) is 5.92 Å². The number of para-hydroxylation sites is 1. The largest absolute Gasteiger partial charge is 0.326 e. The number of amides is 1. The molecule has 0 unspecified atom stereocenters. The molecule has 1 aliphatic heterocycles. The molecule has 4 rings (SSSR count). The minimum atomic E-state index is -0.316. The molecule has 0 bridgehead atoms. The third-order valence-electron chi connectivity index (χ3n) is 4.97. The smallest absolute Gasteiger partial charge is 0.227 e. The van der Waals surface area contributed by atoms with Crippen LogP contribution in [0.15, 0.2) is 54.6 Å². The number of likely N-dealkylation sites (tertiary alicyclic amines) is 1. The van der Waals surface area contributed by atoms with Gasteiger partial charge in [0, 0.05) is 11.6 Å². The summed E-state index contributed by atoms with van der Waals surface area (Å²) in [4.78, 5) is 14.7. The number of halogens is 1. The molecule has 1 amide bonds. The Bertz CT molecular complexity index is 919. The number of aromatic nitrogens is 4. The van der Waals surface area contributed by atoms with Gasteiger partial charge >= 0.3 is 0 Å². The van der Waals surface area contributed by atoms with Crippen molar-refractivity contribution in [2.45, 2.75) is 19.4 Å². The van der Waals surface area contributed by atoms with Crippen LogP contribution in [0.3, 0.4) is 0 Å². The Morgan fingerprint density at radius 3 is 2.50 bits per heavy atom. The van der Waals surface area contributed by atoms with Crippen LogP contribution >= 0.6 is 0 Å². The van der Waals surface area contributed by atoms with Crippen LogP contribution in [0.25, 0.3) is 5.69 Å². The summed E-state index contributed by atoms with van der Waals surface area (Å²) >= 11 is 0. The molecular weight excluding hydrogens is 359 g/mol. The Hall–Kier alpha value is -3.13. The van der Waals surface area contributed by atoms with Crippen molar-refractivity contribution in [3.63, 3.8) is 0 Å². The topological polar surface area (TPSA) is 75.9 Å². The Labute approximate surface area is 162 Å². The molecule has 7 nitrogen and oxygen atoms in total. The predicted molar refractivity (Wildman–Crippen MR) is 102 cm³/mol. The van der Waals surface area contributed by atoms with Crippen molar-refractivity contribution >= 4 is 11.6 Å². The van der Waals surface area contributed by atoms with Crippen LogP contribution in [-0.4, -0.2) is 44.1 Å². The molecule has 144 valence electrons. The highest BCUT2D eigenvalue weighted by molar-refractivity contribution is 5.92. The van der Waals surface area contributed by atoms with Gasteiger partial charge < -0.3 is 5.32 Å². The third kappa shape index (κ3) is 4.23. The molecule has 0 spiro atoms. The first-order valence-corrected chi connectivity index (χ1v) is 9.30. The molecule has 2 heterocycles. The van der Waals surface area contributed by atoms with E-state index in [9.17, 15) is 9.18 Å². The monoisotopic (exact) mass is 380 g/mol. The van der Waals surface area contributed by atoms with Gasteiger partial charge in [-0.05, 0) is 72.8 Å². The highest BCUT2D eigenvalue weighted by atomic mass is 19.1. The summed E-state index contributed by atoms with van der Waals surface area (Å²) < 4.78 is 14.7. The van der Waals surface area contributed by atoms with Crippen LogP contribution in [-0.2, 0) is 11.3 Å². The molecule has 0 atom stereocenters. The number of nitrogens with zero attached hydrogens (tertiary/aromatic N) is 5. The standard InChI is InChI=1S/C20H21FN6O/c21-16-6-8-17(9-7-16)22-20(28)15-10-12-26(13-11-15)14-19-23-24-25-27(19)18-4-2-1-3-5-18/h1-9,15H,10-14H2,(H,22,28). The molecule has 0 saturated carbocycles. The van der Waals surface area contributed by atoms with Gasteiger partial charge in [-0.2, -0.15) is 4.68 Å². The zero-order valence-corrected chi connectivity index (χ0v) is 15.3. The van der Waals surface area contributed by atoms with Crippen LogP contribution in [0.2, 0.25) is 0 Å².